The molecule has 1 fully saturated rings. The Bertz CT molecular complexity index is 1190. The lowest BCUT2D eigenvalue weighted by Gasteiger charge is -2.26. The molecule has 0 aliphatic carbocycles. The van der Waals surface area contributed by atoms with Crippen LogP contribution in [-0.4, -0.2) is 61.5 Å². The molecule has 0 spiro atoms. The van der Waals surface area contributed by atoms with Crippen LogP contribution in [0.1, 0.15) is 31.6 Å². The number of fused-ring (bicyclic) bond motifs is 1. The first-order valence-corrected chi connectivity index (χ1v) is 10.9. The number of aromatic nitrogens is 1. The Hall–Kier alpha value is -2.88. The van der Waals surface area contributed by atoms with Gasteiger partial charge in [0.05, 0.1) is 40.3 Å². The summed E-state index contributed by atoms with van der Waals surface area (Å²) < 4.78 is 11.2. The van der Waals surface area contributed by atoms with Crippen molar-refractivity contribution in [2.45, 2.75) is 13.8 Å². The Morgan fingerprint density at radius 1 is 1.29 bits per heavy atom. The van der Waals surface area contributed by atoms with Gasteiger partial charge in [0.1, 0.15) is 11.3 Å². The maximum Gasteiger partial charge on any atom is 0.280 e. The number of aldehydes is 1. The fourth-order valence-electron chi connectivity index (χ4n) is 3.66. The van der Waals surface area contributed by atoms with Gasteiger partial charge >= 0.3 is 0 Å². The van der Waals surface area contributed by atoms with Gasteiger partial charge in [0.25, 0.3) is 5.91 Å². The van der Waals surface area contributed by atoms with E-state index in [1.807, 2.05) is 0 Å². The third-order valence-electron chi connectivity index (χ3n) is 5.29. The molecule has 1 N–H and O–H groups in total. The Morgan fingerprint density at radius 2 is 2.06 bits per heavy atom. The normalized spacial score (nSPS) is 14.6. The first-order chi connectivity index (χ1) is 15.0. The molecule has 1 saturated heterocycles. The highest BCUT2D eigenvalue weighted by Gasteiger charge is 2.22. The van der Waals surface area contributed by atoms with Crippen LogP contribution < -0.4 is 10.7 Å². The van der Waals surface area contributed by atoms with Gasteiger partial charge in [-0.2, -0.15) is 0 Å². The van der Waals surface area contributed by atoms with Gasteiger partial charge in [0, 0.05) is 26.2 Å². The molecule has 1 aliphatic heterocycles. The molecular formula is C22H23N3O5S. The molecular weight excluding hydrogens is 418 g/mol. The molecule has 9 heteroatoms. The second-order valence-electron chi connectivity index (χ2n) is 7.35. The van der Waals surface area contributed by atoms with Gasteiger partial charge in [0.15, 0.2) is 11.3 Å². The first kappa shape index (κ1) is 21.4. The van der Waals surface area contributed by atoms with Gasteiger partial charge in [-0.25, -0.2) is 4.98 Å². The zero-order valence-electron chi connectivity index (χ0n) is 17.4. The summed E-state index contributed by atoms with van der Waals surface area (Å²) in [6, 6.07) is 4.89. The number of amides is 1. The number of hydrogen-bond donors (Lipinski definition) is 1. The molecule has 162 valence electrons. The van der Waals surface area contributed by atoms with Crippen molar-refractivity contribution in [2.24, 2.45) is 0 Å². The molecule has 31 heavy (non-hydrogen) atoms. The van der Waals surface area contributed by atoms with Crippen LogP contribution in [-0.2, 0) is 4.74 Å². The molecule has 1 aromatic carbocycles. The molecule has 0 bridgehead atoms. The van der Waals surface area contributed by atoms with Crippen LogP contribution in [0.4, 0.5) is 0 Å². The summed E-state index contributed by atoms with van der Waals surface area (Å²) in [4.78, 5) is 44.3. The molecule has 1 amide bonds. The Labute approximate surface area is 182 Å². The number of ether oxygens (including phenoxy) is 1. The average molecular weight is 442 g/mol. The summed E-state index contributed by atoms with van der Waals surface area (Å²) in [6.07, 6.45) is 0.668. The maximum atomic E-state index is 13.2. The average Bonchev–Trinajstić information content (AvgIpc) is 3.15. The molecule has 0 atom stereocenters. The van der Waals surface area contributed by atoms with Gasteiger partial charge in [-0.3, -0.25) is 19.3 Å². The fraction of sp³-hybridized carbons (Fsp3) is 0.364. The number of nitrogens with zero attached hydrogens (tertiary/aromatic N) is 2. The molecule has 0 saturated carbocycles. The number of morpholine rings is 1. The van der Waals surface area contributed by atoms with E-state index in [0.717, 1.165) is 19.6 Å². The molecule has 8 nitrogen and oxygen atoms in total. The third-order valence-corrected chi connectivity index (χ3v) is 6.46. The van der Waals surface area contributed by atoms with Crippen molar-refractivity contribution in [1.29, 1.82) is 0 Å². The molecule has 3 heterocycles. The number of nitrogens with one attached hydrogen (secondary N) is 1. The minimum atomic E-state index is -0.265. The van der Waals surface area contributed by atoms with E-state index in [4.69, 9.17) is 9.15 Å². The van der Waals surface area contributed by atoms with E-state index in [0.29, 0.717) is 63.9 Å². The Kier molecular flexibility index (Phi) is 6.26. The van der Waals surface area contributed by atoms with Gasteiger partial charge in [-0.05, 0) is 26.0 Å². The lowest BCUT2D eigenvalue weighted by atomic mass is 10.1. The fourth-order valence-corrected chi connectivity index (χ4v) is 4.73. The van der Waals surface area contributed by atoms with Crippen LogP contribution >= 0.6 is 11.3 Å². The Balaban J connectivity index is 1.58. The van der Waals surface area contributed by atoms with Crippen LogP contribution in [0.2, 0.25) is 0 Å². The predicted molar refractivity (Wildman–Crippen MR) is 118 cm³/mol. The van der Waals surface area contributed by atoms with Crippen molar-refractivity contribution in [3.8, 4) is 10.4 Å². The van der Waals surface area contributed by atoms with Gasteiger partial charge in [-0.15, -0.1) is 11.3 Å². The number of hydrogen-bond acceptors (Lipinski definition) is 8. The highest BCUT2D eigenvalue weighted by molar-refractivity contribution is 7.17. The SMILES string of the molecule is Cc1nc(C(=O)NCCN2CCOCC2)sc1-c1c(C)oc2c(C=O)cccc2c1=O. The van der Waals surface area contributed by atoms with E-state index >= 15 is 0 Å². The van der Waals surface area contributed by atoms with Crippen LogP contribution in [0.3, 0.4) is 0 Å². The zero-order valence-corrected chi connectivity index (χ0v) is 18.2. The van der Waals surface area contributed by atoms with Gasteiger partial charge in [-0.1, -0.05) is 6.07 Å². The third kappa shape index (κ3) is 4.30. The number of aryl methyl sites for hydroxylation is 2. The zero-order chi connectivity index (χ0) is 22.0. The standard InChI is InChI=1S/C22H23N3O5S/c1-13-20(17-14(2)30-19-15(12-26)4-3-5-16(19)18(17)27)31-22(24-13)21(28)23-6-7-25-8-10-29-11-9-25/h3-5,12H,6-11H2,1-2H3,(H,23,28). The monoisotopic (exact) mass is 441 g/mol. The highest BCUT2D eigenvalue weighted by Crippen LogP contribution is 2.32. The Morgan fingerprint density at radius 3 is 2.81 bits per heavy atom. The number of thiazole rings is 1. The van der Waals surface area contributed by atoms with Crippen LogP contribution in [0, 0.1) is 13.8 Å². The second-order valence-corrected chi connectivity index (χ2v) is 8.35. The van der Waals surface area contributed by atoms with E-state index in [9.17, 15) is 14.4 Å². The molecule has 0 unspecified atom stereocenters. The smallest absolute Gasteiger partial charge is 0.280 e. The predicted octanol–water partition coefficient (Wildman–Crippen LogP) is 2.41. The number of rotatable bonds is 6. The molecule has 4 rings (SSSR count). The first-order valence-electron chi connectivity index (χ1n) is 10.1. The molecule has 1 aliphatic rings. The quantitative estimate of drug-likeness (QED) is 0.586. The van der Waals surface area contributed by atoms with Crippen molar-refractivity contribution < 1.29 is 18.7 Å². The highest BCUT2D eigenvalue weighted by atomic mass is 32.1. The van der Waals surface area contributed by atoms with Crippen molar-refractivity contribution in [3.05, 3.63) is 50.4 Å². The maximum absolute atomic E-state index is 13.2. The molecule has 2 aromatic heterocycles. The number of benzene rings is 1. The van der Waals surface area contributed by atoms with Gasteiger partial charge in [0.2, 0.25) is 5.43 Å². The number of carbonyl (C=O) groups is 2. The second kappa shape index (κ2) is 9.09. The number of carbonyl (C=O) groups excluding carboxylic acids is 2. The summed E-state index contributed by atoms with van der Waals surface area (Å²) in [5, 5.41) is 3.53. The summed E-state index contributed by atoms with van der Waals surface area (Å²) in [7, 11) is 0. The van der Waals surface area contributed by atoms with E-state index in [2.05, 4.69) is 15.2 Å². The minimum absolute atomic E-state index is 0.242. The van der Waals surface area contributed by atoms with Gasteiger partial charge < -0.3 is 14.5 Å². The van der Waals surface area contributed by atoms with E-state index in [-0.39, 0.29) is 16.9 Å². The largest absolute Gasteiger partial charge is 0.460 e. The molecule has 0 radical (unpaired) electrons. The lowest BCUT2D eigenvalue weighted by Crippen LogP contribution is -2.41. The summed E-state index contributed by atoms with van der Waals surface area (Å²) in [6.45, 7) is 7.85. The van der Waals surface area contributed by atoms with Crippen LogP contribution in [0.5, 0.6) is 0 Å². The molecule has 3 aromatic rings. The van der Waals surface area contributed by atoms with E-state index in [1.54, 1.807) is 32.0 Å². The van der Waals surface area contributed by atoms with Crippen molar-refractivity contribution in [1.82, 2.24) is 15.2 Å². The van der Waals surface area contributed by atoms with Crippen molar-refractivity contribution in [3.63, 3.8) is 0 Å². The lowest BCUT2D eigenvalue weighted by molar-refractivity contribution is 0.0383. The summed E-state index contributed by atoms with van der Waals surface area (Å²) in [5.41, 5.74) is 1.31. The van der Waals surface area contributed by atoms with E-state index < -0.39 is 0 Å². The summed E-state index contributed by atoms with van der Waals surface area (Å²) >= 11 is 1.17. The minimum Gasteiger partial charge on any atom is -0.460 e. The van der Waals surface area contributed by atoms with Crippen LogP contribution in [0.15, 0.2) is 27.4 Å². The van der Waals surface area contributed by atoms with E-state index in [1.165, 1.54) is 11.3 Å². The topological polar surface area (TPSA) is 102 Å². The van der Waals surface area contributed by atoms with Crippen LogP contribution in [0.25, 0.3) is 21.4 Å². The van der Waals surface area contributed by atoms with Crippen molar-refractivity contribution in [2.75, 3.05) is 39.4 Å². The number of para-hydroxylation sites is 1. The van der Waals surface area contributed by atoms with Crippen molar-refractivity contribution >= 4 is 34.5 Å². The summed E-state index contributed by atoms with van der Waals surface area (Å²) in [5.74, 6) is 0.122.